The second-order valence-corrected chi connectivity index (χ2v) is 22.8. The van der Waals surface area contributed by atoms with E-state index in [9.17, 15) is 0 Å². The average Bonchev–Trinajstić information content (AvgIpc) is 3.90. The fourth-order valence-electron chi connectivity index (χ4n) is 9.63. The summed E-state index contributed by atoms with van der Waals surface area (Å²) < 4.78 is 9.42. The van der Waals surface area contributed by atoms with Crippen molar-refractivity contribution in [3.8, 4) is 17.3 Å². The van der Waals surface area contributed by atoms with Crippen molar-refractivity contribution in [2.75, 3.05) is 16.5 Å². The van der Waals surface area contributed by atoms with E-state index in [2.05, 4.69) is 262 Å². The first kappa shape index (κ1) is 45.6. The summed E-state index contributed by atoms with van der Waals surface area (Å²) >= 11 is 0. The minimum absolute atomic E-state index is 0.00674. The average molecular weight is 885 g/mol. The Morgan fingerprint density at radius 3 is 1.61 bits per heavy atom. The molecule has 2 aromatic heterocycles. The van der Waals surface area contributed by atoms with Crippen molar-refractivity contribution in [1.82, 2.24) is 9.55 Å². The fourth-order valence-corrected chi connectivity index (χ4v) is 9.63. The van der Waals surface area contributed by atoms with Crippen molar-refractivity contribution in [2.24, 2.45) is 5.41 Å². The molecule has 0 spiro atoms. The van der Waals surface area contributed by atoms with Gasteiger partial charge >= 0.3 is 0 Å². The summed E-state index contributed by atoms with van der Waals surface area (Å²) in [6, 6.07) is 55.1. The van der Waals surface area contributed by atoms with E-state index in [0.29, 0.717) is 6.67 Å². The Morgan fingerprint density at radius 2 is 1.00 bits per heavy atom. The minimum atomic E-state index is -0.316. The first-order valence-corrected chi connectivity index (χ1v) is 24.0. The number of aromatic nitrogens is 2. The van der Waals surface area contributed by atoms with Gasteiger partial charge in [-0.15, -0.1) is 0 Å². The van der Waals surface area contributed by atoms with Gasteiger partial charge in [0.15, 0.2) is 0 Å². The first-order valence-electron chi connectivity index (χ1n) is 24.0. The molecular formula is C62H68N4O. The van der Waals surface area contributed by atoms with Crippen LogP contribution >= 0.6 is 0 Å². The number of rotatable bonds is 9. The Bertz CT molecular complexity index is 3100. The van der Waals surface area contributed by atoms with Crippen LogP contribution in [0.5, 0.6) is 11.5 Å². The lowest BCUT2D eigenvalue weighted by Crippen LogP contribution is -2.31. The third-order valence-electron chi connectivity index (χ3n) is 14.1. The van der Waals surface area contributed by atoms with Crippen LogP contribution in [0.3, 0.4) is 0 Å². The predicted molar refractivity (Wildman–Crippen MR) is 283 cm³/mol. The molecular weight excluding hydrogens is 817 g/mol. The van der Waals surface area contributed by atoms with Crippen LogP contribution in [-0.4, -0.2) is 16.2 Å². The van der Waals surface area contributed by atoms with Gasteiger partial charge in [0, 0.05) is 68.6 Å². The lowest BCUT2D eigenvalue weighted by molar-refractivity contribution is 0.478. The molecule has 9 rings (SSSR count). The standard InChI is InChI=1S/C62H68N4O/c1-58(2,3)45-32-46(59(4,5)6)34-48(33-45)64-40-56(60(7,8)9)65(41-64)49-35-47(62(12,13)43-24-18-15-19-25-43)36-51(38-49)67-50-28-29-53-52-26-20-21-27-54(52)66(55(53)39-50)57-37-44(30-31-63-57)61(10,11)42-22-16-14-17-23-42/h14-40H,41H2,1-13H3. The Labute approximate surface area is 399 Å². The molecule has 0 fully saturated rings. The van der Waals surface area contributed by atoms with E-state index < -0.39 is 0 Å². The van der Waals surface area contributed by atoms with Crippen LogP contribution in [0.1, 0.15) is 123 Å². The lowest BCUT2D eigenvalue weighted by atomic mass is 9.78. The molecule has 0 amide bonds. The van der Waals surface area contributed by atoms with Gasteiger partial charge in [-0.25, -0.2) is 4.98 Å². The zero-order chi connectivity index (χ0) is 47.7. The van der Waals surface area contributed by atoms with Crippen LogP contribution in [0.2, 0.25) is 0 Å². The van der Waals surface area contributed by atoms with Gasteiger partial charge in [0.1, 0.15) is 17.3 Å². The molecule has 5 nitrogen and oxygen atoms in total. The molecule has 0 N–H and O–H groups in total. The highest BCUT2D eigenvalue weighted by atomic mass is 16.5. The summed E-state index contributed by atoms with van der Waals surface area (Å²) in [7, 11) is 0. The van der Waals surface area contributed by atoms with E-state index in [-0.39, 0.29) is 27.1 Å². The molecule has 3 heterocycles. The maximum Gasteiger partial charge on any atom is 0.137 e. The smallest absolute Gasteiger partial charge is 0.137 e. The van der Waals surface area contributed by atoms with Gasteiger partial charge in [0.05, 0.1) is 17.7 Å². The van der Waals surface area contributed by atoms with E-state index in [1.54, 1.807) is 0 Å². The number of fused-ring (bicyclic) bond motifs is 3. The quantitative estimate of drug-likeness (QED) is 0.145. The van der Waals surface area contributed by atoms with Crippen LogP contribution in [0.4, 0.5) is 11.4 Å². The summed E-state index contributed by atoms with van der Waals surface area (Å²) in [6.45, 7) is 30.7. The SMILES string of the molecule is CC(C)(C)C1=CN(c2cc(C(C)(C)C)cc(C(C)(C)C)c2)CN1c1cc(Oc2ccc3c4ccccc4n(-c4cc(C(C)(C)c5ccccc5)ccn4)c3c2)cc(C(C)(C)c2ccccc2)c1. The molecule has 1 aliphatic rings. The van der Waals surface area contributed by atoms with Gasteiger partial charge in [0.25, 0.3) is 0 Å². The second kappa shape index (κ2) is 16.6. The fraction of sp³-hybridized carbons (Fsp3) is 0.306. The van der Waals surface area contributed by atoms with Crippen molar-refractivity contribution < 1.29 is 4.74 Å². The van der Waals surface area contributed by atoms with Crippen molar-refractivity contribution in [3.05, 3.63) is 203 Å². The molecule has 0 saturated carbocycles. The van der Waals surface area contributed by atoms with Crippen molar-refractivity contribution in [2.45, 2.75) is 112 Å². The minimum Gasteiger partial charge on any atom is -0.457 e. The number of benzene rings is 6. The van der Waals surface area contributed by atoms with Gasteiger partial charge in [-0.3, -0.25) is 4.57 Å². The Kier molecular flexibility index (Phi) is 11.3. The summed E-state index contributed by atoms with van der Waals surface area (Å²) in [5.41, 5.74) is 12.6. The van der Waals surface area contributed by atoms with Gasteiger partial charge < -0.3 is 14.5 Å². The highest BCUT2D eigenvalue weighted by Gasteiger charge is 2.34. The monoisotopic (exact) mass is 885 g/mol. The largest absolute Gasteiger partial charge is 0.457 e. The summed E-state index contributed by atoms with van der Waals surface area (Å²) in [5.74, 6) is 2.43. The Morgan fingerprint density at radius 1 is 0.433 bits per heavy atom. The molecule has 0 radical (unpaired) electrons. The van der Waals surface area contributed by atoms with Crippen molar-refractivity contribution in [1.29, 1.82) is 0 Å². The maximum atomic E-state index is 7.13. The molecule has 0 saturated heterocycles. The summed E-state index contributed by atoms with van der Waals surface area (Å²) in [6.07, 6.45) is 4.32. The first-order chi connectivity index (χ1) is 31.6. The number of anilines is 2. The number of hydrogen-bond acceptors (Lipinski definition) is 4. The summed E-state index contributed by atoms with van der Waals surface area (Å²) in [5, 5.41) is 2.33. The molecule has 1 aliphatic heterocycles. The van der Waals surface area contributed by atoms with E-state index >= 15 is 0 Å². The number of nitrogens with zero attached hydrogens (tertiary/aromatic N) is 4. The molecule has 8 aromatic rings. The number of ether oxygens (including phenoxy) is 1. The van der Waals surface area contributed by atoms with Gasteiger partial charge in [-0.1, -0.05) is 175 Å². The number of hydrogen-bond donors (Lipinski definition) is 0. The topological polar surface area (TPSA) is 33.5 Å². The van der Waals surface area contributed by atoms with Gasteiger partial charge in [-0.2, -0.15) is 0 Å². The zero-order valence-electron chi connectivity index (χ0n) is 42.0. The van der Waals surface area contributed by atoms with E-state index in [0.717, 1.165) is 39.4 Å². The van der Waals surface area contributed by atoms with Crippen molar-refractivity contribution in [3.63, 3.8) is 0 Å². The highest BCUT2D eigenvalue weighted by Crippen LogP contribution is 2.45. The molecule has 342 valence electrons. The molecule has 0 atom stereocenters. The van der Waals surface area contributed by atoms with Crippen LogP contribution in [-0.2, 0) is 21.7 Å². The molecule has 67 heavy (non-hydrogen) atoms. The van der Waals surface area contributed by atoms with Crippen LogP contribution < -0.4 is 14.5 Å². The van der Waals surface area contributed by atoms with E-state index in [4.69, 9.17) is 9.72 Å². The zero-order valence-corrected chi connectivity index (χ0v) is 42.0. The molecule has 0 aliphatic carbocycles. The number of para-hydroxylation sites is 1. The number of pyridine rings is 1. The third-order valence-corrected chi connectivity index (χ3v) is 14.1. The maximum absolute atomic E-state index is 7.13. The predicted octanol–water partition coefficient (Wildman–Crippen LogP) is 16.4. The van der Waals surface area contributed by atoms with Gasteiger partial charge in [-0.05, 0) is 98.8 Å². The normalized spacial score (nSPS) is 14.0. The van der Waals surface area contributed by atoms with E-state index in [1.807, 2.05) is 6.20 Å². The van der Waals surface area contributed by atoms with Crippen LogP contribution in [0.25, 0.3) is 27.6 Å². The van der Waals surface area contributed by atoms with Crippen molar-refractivity contribution >= 4 is 33.2 Å². The lowest BCUT2D eigenvalue weighted by Gasteiger charge is -2.33. The highest BCUT2D eigenvalue weighted by molar-refractivity contribution is 6.09. The molecule has 0 bridgehead atoms. The van der Waals surface area contributed by atoms with E-state index in [1.165, 1.54) is 50.2 Å². The van der Waals surface area contributed by atoms with Crippen LogP contribution in [0, 0.1) is 5.41 Å². The molecule has 0 unspecified atom stereocenters. The van der Waals surface area contributed by atoms with Crippen LogP contribution in [0.15, 0.2) is 170 Å². The second-order valence-electron chi connectivity index (χ2n) is 22.8. The number of allylic oxidation sites excluding steroid dienone is 1. The Balaban J connectivity index is 1.16. The molecule has 6 aromatic carbocycles. The van der Waals surface area contributed by atoms with Gasteiger partial charge in [0.2, 0.25) is 0 Å². The Hall–Kier alpha value is -6.59. The third kappa shape index (κ3) is 8.77. The summed E-state index contributed by atoms with van der Waals surface area (Å²) in [4.78, 5) is 9.96. The molecule has 5 heteroatoms.